The third kappa shape index (κ3) is 1.57. The van der Waals surface area contributed by atoms with Gasteiger partial charge in [0.05, 0.1) is 5.92 Å². The van der Waals surface area contributed by atoms with Crippen molar-refractivity contribution < 1.29 is 14.7 Å². The van der Waals surface area contributed by atoms with Crippen molar-refractivity contribution in [2.45, 2.75) is 13.8 Å². The SMILES string of the molecule is CC(C)C(=O)C1CN(C(=O)O)C1. The van der Waals surface area contributed by atoms with Crippen LogP contribution in [0.5, 0.6) is 0 Å². The standard InChI is InChI=1S/C8H13NO3/c1-5(2)7(10)6-3-9(4-6)8(11)12/h5-6H,3-4H2,1-2H3,(H,11,12). The Bertz CT molecular complexity index is 206. The molecule has 1 aliphatic heterocycles. The summed E-state index contributed by atoms with van der Waals surface area (Å²) in [7, 11) is 0. The normalized spacial score (nSPS) is 17.8. The first-order valence-electron chi connectivity index (χ1n) is 4.04. The van der Waals surface area contributed by atoms with E-state index in [1.165, 1.54) is 4.90 Å². The highest BCUT2D eigenvalue weighted by atomic mass is 16.4. The number of rotatable bonds is 2. The van der Waals surface area contributed by atoms with Crippen molar-refractivity contribution in [3.8, 4) is 0 Å². The van der Waals surface area contributed by atoms with Gasteiger partial charge in [-0.05, 0) is 0 Å². The van der Waals surface area contributed by atoms with E-state index in [1.807, 2.05) is 13.8 Å². The fourth-order valence-corrected chi connectivity index (χ4v) is 1.29. The maximum absolute atomic E-state index is 11.3. The summed E-state index contributed by atoms with van der Waals surface area (Å²) in [6.45, 7) is 4.44. The molecule has 0 aromatic rings. The Morgan fingerprint density at radius 3 is 2.25 bits per heavy atom. The number of carbonyl (C=O) groups excluding carboxylic acids is 1. The lowest BCUT2D eigenvalue weighted by Crippen LogP contribution is -2.53. The van der Waals surface area contributed by atoms with Gasteiger partial charge < -0.3 is 10.0 Å². The van der Waals surface area contributed by atoms with Gasteiger partial charge in [-0.15, -0.1) is 0 Å². The van der Waals surface area contributed by atoms with Gasteiger partial charge in [0.1, 0.15) is 5.78 Å². The Labute approximate surface area is 71.2 Å². The monoisotopic (exact) mass is 171 g/mol. The van der Waals surface area contributed by atoms with Gasteiger partial charge in [0.15, 0.2) is 0 Å². The molecule has 4 heteroatoms. The highest BCUT2D eigenvalue weighted by molar-refractivity contribution is 5.85. The Balaban J connectivity index is 2.35. The van der Waals surface area contributed by atoms with Gasteiger partial charge in [0.2, 0.25) is 0 Å². The molecule has 0 aromatic carbocycles. The van der Waals surface area contributed by atoms with Gasteiger partial charge in [0.25, 0.3) is 0 Å². The molecule has 0 saturated carbocycles. The smallest absolute Gasteiger partial charge is 0.407 e. The summed E-state index contributed by atoms with van der Waals surface area (Å²) in [5.74, 6) is 0.138. The van der Waals surface area contributed by atoms with Gasteiger partial charge >= 0.3 is 6.09 Å². The van der Waals surface area contributed by atoms with Crippen molar-refractivity contribution in [1.29, 1.82) is 0 Å². The zero-order chi connectivity index (χ0) is 9.30. The van der Waals surface area contributed by atoms with Crippen LogP contribution in [-0.4, -0.2) is 35.0 Å². The minimum Gasteiger partial charge on any atom is -0.465 e. The number of likely N-dealkylation sites (tertiary alicyclic amines) is 1. The van der Waals surface area contributed by atoms with E-state index in [0.717, 1.165) is 0 Å². The molecule has 1 N–H and O–H groups in total. The van der Waals surface area contributed by atoms with E-state index in [9.17, 15) is 9.59 Å². The maximum atomic E-state index is 11.3. The molecular weight excluding hydrogens is 158 g/mol. The molecule has 12 heavy (non-hydrogen) atoms. The van der Waals surface area contributed by atoms with Crippen molar-refractivity contribution in [3.05, 3.63) is 0 Å². The minimum absolute atomic E-state index is 0.0194. The second-order valence-corrected chi connectivity index (χ2v) is 3.44. The van der Waals surface area contributed by atoms with Crippen LogP contribution < -0.4 is 0 Å². The average Bonchev–Trinajstić information content (AvgIpc) is 1.82. The molecule has 1 rings (SSSR count). The molecule has 0 unspecified atom stereocenters. The highest BCUT2D eigenvalue weighted by Crippen LogP contribution is 2.19. The summed E-state index contributed by atoms with van der Waals surface area (Å²) in [6.07, 6.45) is -0.928. The minimum atomic E-state index is -0.928. The predicted molar refractivity (Wildman–Crippen MR) is 42.9 cm³/mol. The summed E-state index contributed by atoms with van der Waals surface area (Å²) in [5.41, 5.74) is 0. The van der Waals surface area contributed by atoms with E-state index in [2.05, 4.69) is 0 Å². The van der Waals surface area contributed by atoms with Gasteiger partial charge in [0, 0.05) is 19.0 Å². The molecule has 0 aliphatic carbocycles. The van der Waals surface area contributed by atoms with E-state index in [-0.39, 0.29) is 17.6 Å². The molecule has 1 saturated heterocycles. The molecule has 68 valence electrons. The molecule has 4 nitrogen and oxygen atoms in total. The number of Topliss-reactive ketones (excluding diaryl/α,β-unsaturated/α-hetero) is 1. The zero-order valence-corrected chi connectivity index (χ0v) is 7.28. The summed E-state index contributed by atoms with van der Waals surface area (Å²) in [5, 5.41) is 8.49. The zero-order valence-electron chi connectivity index (χ0n) is 7.28. The predicted octanol–water partition coefficient (Wildman–Crippen LogP) is 0.821. The fourth-order valence-electron chi connectivity index (χ4n) is 1.29. The van der Waals surface area contributed by atoms with Crippen LogP contribution in [0.25, 0.3) is 0 Å². The number of amides is 1. The van der Waals surface area contributed by atoms with Gasteiger partial charge in [-0.3, -0.25) is 4.79 Å². The highest BCUT2D eigenvalue weighted by Gasteiger charge is 2.36. The third-order valence-electron chi connectivity index (χ3n) is 2.12. The third-order valence-corrected chi connectivity index (χ3v) is 2.12. The Hall–Kier alpha value is -1.06. The Kier molecular flexibility index (Phi) is 2.35. The van der Waals surface area contributed by atoms with Crippen LogP contribution in [-0.2, 0) is 4.79 Å². The Morgan fingerprint density at radius 2 is 1.92 bits per heavy atom. The van der Waals surface area contributed by atoms with E-state index in [0.29, 0.717) is 13.1 Å². The molecule has 0 aromatic heterocycles. The topological polar surface area (TPSA) is 57.6 Å². The van der Waals surface area contributed by atoms with Crippen molar-refractivity contribution in [2.75, 3.05) is 13.1 Å². The van der Waals surface area contributed by atoms with Crippen molar-refractivity contribution in [2.24, 2.45) is 11.8 Å². The van der Waals surface area contributed by atoms with Crippen LogP contribution in [0.4, 0.5) is 4.79 Å². The molecule has 1 fully saturated rings. The van der Waals surface area contributed by atoms with Crippen LogP contribution in [0.15, 0.2) is 0 Å². The second-order valence-electron chi connectivity index (χ2n) is 3.44. The second kappa shape index (κ2) is 3.13. The summed E-state index contributed by atoms with van der Waals surface area (Å²) in [6, 6.07) is 0. The first-order chi connectivity index (χ1) is 5.52. The maximum Gasteiger partial charge on any atom is 0.407 e. The Morgan fingerprint density at radius 1 is 1.42 bits per heavy atom. The molecule has 0 spiro atoms. The number of nitrogens with zero attached hydrogens (tertiary/aromatic N) is 1. The molecular formula is C8H13NO3. The molecule has 1 amide bonds. The summed E-state index contributed by atoms with van der Waals surface area (Å²) < 4.78 is 0. The van der Waals surface area contributed by atoms with Crippen LogP contribution in [0.1, 0.15) is 13.8 Å². The van der Waals surface area contributed by atoms with Crippen LogP contribution in [0.3, 0.4) is 0 Å². The lowest BCUT2D eigenvalue weighted by molar-refractivity contribution is -0.130. The molecule has 0 radical (unpaired) electrons. The average molecular weight is 171 g/mol. The van der Waals surface area contributed by atoms with Gasteiger partial charge in [-0.1, -0.05) is 13.8 Å². The summed E-state index contributed by atoms with van der Waals surface area (Å²) in [4.78, 5) is 22.9. The van der Waals surface area contributed by atoms with E-state index in [1.54, 1.807) is 0 Å². The van der Waals surface area contributed by atoms with Crippen LogP contribution in [0, 0.1) is 11.8 Å². The number of hydrogen-bond acceptors (Lipinski definition) is 2. The van der Waals surface area contributed by atoms with Crippen LogP contribution >= 0.6 is 0 Å². The first kappa shape index (κ1) is 9.03. The van der Waals surface area contributed by atoms with Crippen LogP contribution in [0.2, 0.25) is 0 Å². The lowest BCUT2D eigenvalue weighted by Gasteiger charge is -2.36. The van der Waals surface area contributed by atoms with Gasteiger partial charge in [-0.25, -0.2) is 4.79 Å². The molecule has 1 heterocycles. The van der Waals surface area contributed by atoms with E-state index in [4.69, 9.17) is 5.11 Å². The van der Waals surface area contributed by atoms with Crippen molar-refractivity contribution in [3.63, 3.8) is 0 Å². The fraction of sp³-hybridized carbons (Fsp3) is 0.750. The first-order valence-corrected chi connectivity index (χ1v) is 4.04. The van der Waals surface area contributed by atoms with E-state index >= 15 is 0 Å². The van der Waals surface area contributed by atoms with Crippen molar-refractivity contribution >= 4 is 11.9 Å². The number of carbonyl (C=O) groups is 2. The largest absolute Gasteiger partial charge is 0.465 e. The number of carboxylic acid groups (broad SMARTS) is 1. The van der Waals surface area contributed by atoms with Crippen molar-refractivity contribution in [1.82, 2.24) is 4.90 Å². The molecule has 0 atom stereocenters. The summed E-state index contributed by atoms with van der Waals surface area (Å²) >= 11 is 0. The lowest BCUT2D eigenvalue weighted by atomic mass is 9.89. The quantitative estimate of drug-likeness (QED) is 0.669. The number of hydrogen-bond donors (Lipinski definition) is 1. The molecule has 0 bridgehead atoms. The molecule has 1 aliphatic rings. The van der Waals surface area contributed by atoms with Gasteiger partial charge in [-0.2, -0.15) is 0 Å². The van der Waals surface area contributed by atoms with E-state index < -0.39 is 6.09 Å². The number of ketones is 1.